The maximum absolute atomic E-state index is 4.26. The highest BCUT2D eigenvalue weighted by Gasteiger charge is 2.11. The van der Waals surface area contributed by atoms with Crippen LogP contribution >= 0.6 is 11.8 Å². The lowest BCUT2D eigenvalue weighted by Crippen LogP contribution is -2.01. The molecule has 0 amide bonds. The lowest BCUT2D eigenvalue weighted by molar-refractivity contribution is 0.928. The molecule has 0 bridgehead atoms. The Morgan fingerprint density at radius 1 is 1.31 bits per heavy atom. The summed E-state index contributed by atoms with van der Waals surface area (Å²) in [5, 5.41) is 11.3. The zero-order valence-corrected chi connectivity index (χ0v) is 9.88. The van der Waals surface area contributed by atoms with E-state index in [9.17, 15) is 0 Å². The summed E-state index contributed by atoms with van der Waals surface area (Å²) in [5.74, 6) is 0.861. The number of nitrogens with one attached hydrogen (secondary N) is 2. The van der Waals surface area contributed by atoms with Crippen molar-refractivity contribution in [3.05, 3.63) is 18.2 Å². The number of rotatable bonds is 4. The van der Waals surface area contributed by atoms with E-state index in [2.05, 4.69) is 37.4 Å². The van der Waals surface area contributed by atoms with Gasteiger partial charge in [0.15, 0.2) is 5.16 Å². The van der Waals surface area contributed by atoms with E-state index >= 15 is 0 Å². The summed E-state index contributed by atoms with van der Waals surface area (Å²) >= 11 is 1.45. The van der Waals surface area contributed by atoms with Crippen molar-refractivity contribution in [1.29, 1.82) is 0 Å². The van der Waals surface area contributed by atoms with Gasteiger partial charge in [0, 0.05) is 12.6 Å². The topological polar surface area (TPSA) is 79.4 Å². The molecule has 0 unspecified atom stereocenters. The van der Waals surface area contributed by atoms with E-state index < -0.39 is 0 Å². The Morgan fingerprint density at radius 3 is 2.81 bits per heavy atom. The van der Waals surface area contributed by atoms with Crippen molar-refractivity contribution in [2.75, 3.05) is 12.4 Å². The Hall–Kier alpha value is -1.63. The average Bonchev–Trinajstić information content (AvgIpc) is 2.81. The molecular formula is C9H12N6S. The summed E-state index contributed by atoms with van der Waals surface area (Å²) in [7, 11) is 1.85. The van der Waals surface area contributed by atoms with Gasteiger partial charge < -0.3 is 5.32 Å². The van der Waals surface area contributed by atoms with E-state index in [0.717, 1.165) is 28.0 Å². The molecule has 0 atom stereocenters. The highest BCUT2D eigenvalue weighted by Crippen LogP contribution is 2.28. The number of aromatic nitrogens is 5. The first-order valence-electron chi connectivity index (χ1n) is 4.90. The molecule has 2 heterocycles. The Balaban J connectivity index is 2.33. The molecule has 7 heteroatoms. The minimum Gasteiger partial charge on any atom is -0.373 e. The molecule has 0 saturated carbocycles. The third kappa shape index (κ3) is 2.13. The van der Waals surface area contributed by atoms with Crippen molar-refractivity contribution in [2.24, 2.45) is 0 Å². The van der Waals surface area contributed by atoms with Gasteiger partial charge in [0.2, 0.25) is 0 Å². The molecule has 2 N–H and O–H groups in total. The van der Waals surface area contributed by atoms with Gasteiger partial charge in [-0.3, -0.25) is 5.10 Å². The predicted octanol–water partition coefficient (Wildman–Crippen LogP) is 1.35. The van der Waals surface area contributed by atoms with Gasteiger partial charge in [-0.2, -0.15) is 5.10 Å². The molecule has 2 aromatic rings. The van der Waals surface area contributed by atoms with Gasteiger partial charge >= 0.3 is 0 Å². The summed E-state index contributed by atoms with van der Waals surface area (Å²) in [5.41, 5.74) is 1.09. The molecule has 0 fully saturated rings. The molecular weight excluding hydrogens is 224 g/mol. The second-order valence-electron chi connectivity index (χ2n) is 3.00. The van der Waals surface area contributed by atoms with Crippen molar-refractivity contribution in [3.63, 3.8) is 0 Å². The Bertz CT molecular complexity index is 455. The molecule has 2 rings (SSSR count). The largest absolute Gasteiger partial charge is 0.373 e. The fourth-order valence-electron chi connectivity index (χ4n) is 1.35. The van der Waals surface area contributed by atoms with Crippen molar-refractivity contribution in [3.8, 4) is 0 Å². The highest BCUT2D eigenvalue weighted by atomic mass is 32.2. The average molecular weight is 236 g/mol. The van der Waals surface area contributed by atoms with Crippen molar-refractivity contribution < 1.29 is 0 Å². The maximum atomic E-state index is 4.26. The third-order valence-electron chi connectivity index (χ3n) is 2.08. The number of aromatic amines is 1. The molecule has 0 aromatic carbocycles. The van der Waals surface area contributed by atoms with E-state index in [1.165, 1.54) is 18.1 Å². The number of hydrogen-bond acceptors (Lipinski definition) is 6. The molecule has 6 nitrogen and oxygen atoms in total. The van der Waals surface area contributed by atoms with Crippen LogP contribution in [0, 0.1) is 0 Å². The van der Waals surface area contributed by atoms with Crippen LogP contribution in [0.2, 0.25) is 0 Å². The van der Waals surface area contributed by atoms with Crippen LogP contribution in [0.15, 0.2) is 22.8 Å². The second kappa shape index (κ2) is 4.93. The fourth-order valence-corrected chi connectivity index (χ4v) is 2.20. The summed E-state index contributed by atoms with van der Waals surface area (Å²) in [6.07, 6.45) is 3.89. The number of nitrogens with zero attached hydrogens (tertiary/aromatic N) is 4. The monoisotopic (exact) mass is 236 g/mol. The summed E-state index contributed by atoms with van der Waals surface area (Å²) in [6, 6.07) is 0. The summed E-state index contributed by atoms with van der Waals surface area (Å²) < 4.78 is 0. The van der Waals surface area contributed by atoms with Gasteiger partial charge in [0.05, 0.1) is 0 Å². The fraction of sp³-hybridized carbons (Fsp3) is 0.333. The first-order chi connectivity index (χ1) is 7.85. The van der Waals surface area contributed by atoms with Crippen LogP contribution < -0.4 is 5.32 Å². The summed E-state index contributed by atoms with van der Waals surface area (Å²) in [6.45, 7) is 2.07. The Kier molecular flexibility index (Phi) is 3.35. The van der Waals surface area contributed by atoms with Crippen LogP contribution in [-0.2, 0) is 6.42 Å². The van der Waals surface area contributed by atoms with E-state index in [4.69, 9.17) is 0 Å². The van der Waals surface area contributed by atoms with Gasteiger partial charge in [-0.05, 0) is 18.2 Å². The number of hydrogen-bond donors (Lipinski definition) is 2. The molecule has 0 radical (unpaired) electrons. The van der Waals surface area contributed by atoms with Gasteiger partial charge in [0.25, 0.3) is 0 Å². The minimum atomic E-state index is 0.732. The minimum absolute atomic E-state index is 0.732. The molecule has 0 aliphatic carbocycles. The van der Waals surface area contributed by atoms with Crippen LogP contribution in [0.3, 0.4) is 0 Å². The second-order valence-corrected chi connectivity index (χ2v) is 3.98. The zero-order valence-electron chi connectivity index (χ0n) is 9.06. The van der Waals surface area contributed by atoms with Gasteiger partial charge in [-0.1, -0.05) is 6.92 Å². The van der Waals surface area contributed by atoms with Crippen molar-refractivity contribution in [1.82, 2.24) is 25.1 Å². The number of anilines is 1. The molecule has 0 aliphatic heterocycles. The van der Waals surface area contributed by atoms with Crippen LogP contribution in [0.5, 0.6) is 0 Å². The molecule has 0 spiro atoms. The highest BCUT2D eigenvalue weighted by molar-refractivity contribution is 7.99. The first kappa shape index (κ1) is 10.9. The summed E-state index contributed by atoms with van der Waals surface area (Å²) in [4.78, 5) is 12.5. The molecule has 0 aliphatic rings. The zero-order chi connectivity index (χ0) is 11.4. The normalized spacial score (nSPS) is 10.4. The number of H-pyrrole nitrogens is 1. The van der Waals surface area contributed by atoms with E-state index in [0.29, 0.717) is 0 Å². The standard InChI is InChI=1S/C9H12N6S/c1-3-6-7(10-2)11-4-12-8(6)16-9-13-5-14-15-9/h4-5H,3H2,1-2H3,(H,10,11,12)(H,13,14,15). The van der Waals surface area contributed by atoms with Gasteiger partial charge in [0.1, 0.15) is 23.5 Å². The van der Waals surface area contributed by atoms with Crippen LogP contribution in [0.1, 0.15) is 12.5 Å². The van der Waals surface area contributed by atoms with Gasteiger partial charge in [-0.25, -0.2) is 15.0 Å². The first-order valence-corrected chi connectivity index (χ1v) is 5.71. The van der Waals surface area contributed by atoms with Crippen LogP contribution in [0.25, 0.3) is 0 Å². The van der Waals surface area contributed by atoms with E-state index in [1.54, 1.807) is 6.33 Å². The molecule has 16 heavy (non-hydrogen) atoms. The van der Waals surface area contributed by atoms with E-state index in [-0.39, 0.29) is 0 Å². The van der Waals surface area contributed by atoms with E-state index in [1.807, 2.05) is 7.05 Å². The quantitative estimate of drug-likeness (QED) is 0.780. The smallest absolute Gasteiger partial charge is 0.189 e. The molecule has 0 saturated heterocycles. The van der Waals surface area contributed by atoms with Crippen LogP contribution in [-0.4, -0.2) is 32.2 Å². The SMILES string of the molecule is CCc1c(NC)ncnc1Sc1ncn[nH]1. The van der Waals surface area contributed by atoms with Crippen molar-refractivity contribution >= 4 is 17.6 Å². The lowest BCUT2D eigenvalue weighted by Gasteiger charge is -2.08. The Morgan fingerprint density at radius 2 is 2.19 bits per heavy atom. The van der Waals surface area contributed by atoms with Gasteiger partial charge in [-0.15, -0.1) is 0 Å². The molecule has 84 valence electrons. The van der Waals surface area contributed by atoms with Crippen LogP contribution in [0.4, 0.5) is 5.82 Å². The molecule has 2 aromatic heterocycles. The van der Waals surface area contributed by atoms with Crippen molar-refractivity contribution in [2.45, 2.75) is 23.5 Å². The predicted molar refractivity (Wildman–Crippen MR) is 61.5 cm³/mol. The maximum Gasteiger partial charge on any atom is 0.189 e. The third-order valence-corrected chi connectivity index (χ3v) is 3.02. The lowest BCUT2D eigenvalue weighted by atomic mass is 10.2. The Labute approximate surface area is 97.3 Å².